The van der Waals surface area contributed by atoms with Crippen LogP contribution in [-0.2, 0) is 0 Å². The Kier molecular flexibility index (Phi) is 2.68. The molecule has 0 aromatic carbocycles. The van der Waals surface area contributed by atoms with Gasteiger partial charge in [0.15, 0.2) is 0 Å². The minimum absolute atomic E-state index is 0.560. The van der Waals surface area contributed by atoms with E-state index in [1.807, 2.05) is 12.3 Å². The first kappa shape index (κ1) is 9.46. The van der Waals surface area contributed by atoms with Crippen LogP contribution in [-0.4, -0.2) is 30.7 Å². The molecule has 2 rings (SSSR count). The number of nitrogens with zero attached hydrogens (tertiary/aromatic N) is 2. The molecule has 0 saturated carbocycles. The zero-order valence-corrected chi connectivity index (χ0v) is 8.83. The zero-order valence-electron chi connectivity index (χ0n) is 8.83. The van der Waals surface area contributed by atoms with Gasteiger partial charge >= 0.3 is 0 Å². The summed E-state index contributed by atoms with van der Waals surface area (Å²) in [7, 11) is 0. The van der Waals surface area contributed by atoms with Gasteiger partial charge in [-0.05, 0) is 25.5 Å². The lowest BCUT2D eigenvalue weighted by Gasteiger charge is -2.33. The predicted octanol–water partition coefficient (Wildman–Crippen LogP) is 1.19. The van der Waals surface area contributed by atoms with Gasteiger partial charge in [0.25, 0.3) is 0 Å². The van der Waals surface area contributed by atoms with E-state index < -0.39 is 0 Å². The van der Waals surface area contributed by atoms with Crippen LogP contribution < -0.4 is 10.2 Å². The topological polar surface area (TPSA) is 28.2 Å². The lowest BCUT2D eigenvalue weighted by Crippen LogP contribution is -2.49. The van der Waals surface area contributed by atoms with Crippen LogP contribution in [0.15, 0.2) is 18.3 Å². The smallest absolute Gasteiger partial charge is 0.131 e. The molecular weight excluding hydrogens is 174 g/mol. The summed E-state index contributed by atoms with van der Waals surface area (Å²) in [4.78, 5) is 6.79. The summed E-state index contributed by atoms with van der Waals surface area (Å²) in [5, 5.41) is 3.43. The maximum absolute atomic E-state index is 4.43. The van der Waals surface area contributed by atoms with Crippen LogP contribution in [0, 0.1) is 6.92 Å². The van der Waals surface area contributed by atoms with Gasteiger partial charge < -0.3 is 10.2 Å². The number of pyridine rings is 1. The standard InChI is InChI=1S/C11H17N3/c1-9-4-3-5-13-11(9)14-7-6-12-10(2)8-14/h3-5,10,12H,6-8H2,1-2H3. The van der Waals surface area contributed by atoms with Crippen molar-refractivity contribution in [3.63, 3.8) is 0 Å². The number of nitrogens with one attached hydrogen (secondary N) is 1. The highest BCUT2D eigenvalue weighted by Gasteiger charge is 2.17. The van der Waals surface area contributed by atoms with Crippen molar-refractivity contribution in [2.24, 2.45) is 0 Å². The molecule has 0 spiro atoms. The molecule has 1 aromatic rings. The van der Waals surface area contributed by atoms with Crippen LogP contribution in [0.2, 0.25) is 0 Å². The normalized spacial score (nSPS) is 22.4. The lowest BCUT2D eigenvalue weighted by atomic mass is 10.2. The fourth-order valence-electron chi connectivity index (χ4n) is 1.93. The van der Waals surface area contributed by atoms with Crippen molar-refractivity contribution >= 4 is 5.82 Å². The second kappa shape index (κ2) is 3.96. The first-order valence-electron chi connectivity index (χ1n) is 5.17. The van der Waals surface area contributed by atoms with E-state index in [1.54, 1.807) is 0 Å². The van der Waals surface area contributed by atoms with E-state index in [0.29, 0.717) is 6.04 Å². The molecule has 0 bridgehead atoms. The largest absolute Gasteiger partial charge is 0.354 e. The first-order valence-corrected chi connectivity index (χ1v) is 5.17. The molecule has 1 unspecified atom stereocenters. The van der Waals surface area contributed by atoms with E-state index in [9.17, 15) is 0 Å². The van der Waals surface area contributed by atoms with E-state index in [1.165, 1.54) is 5.56 Å². The van der Waals surface area contributed by atoms with Gasteiger partial charge in [-0.25, -0.2) is 4.98 Å². The highest BCUT2D eigenvalue weighted by molar-refractivity contribution is 5.46. The van der Waals surface area contributed by atoms with Gasteiger partial charge in [0.2, 0.25) is 0 Å². The molecule has 1 fully saturated rings. The molecular formula is C11H17N3. The van der Waals surface area contributed by atoms with Gasteiger partial charge in [-0.3, -0.25) is 0 Å². The Hall–Kier alpha value is -1.09. The lowest BCUT2D eigenvalue weighted by molar-refractivity contribution is 0.482. The maximum atomic E-state index is 4.43. The molecule has 3 heteroatoms. The Bertz CT molecular complexity index is 311. The molecule has 1 atom stereocenters. The number of rotatable bonds is 1. The summed E-state index contributed by atoms with van der Waals surface area (Å²) in [6.07, 6.45) is 1.87. The van der Waals surface area contributed by atoms with Crippen LogP contribution in [0.4, 0.5) is 5.82 Å². The van der Waals surface area contributed by atoms with Gasteiger partial charge in [0, 0.05) is 31.9 Å². The molecule has 0 amide bonds. The predicted molar refractivity (Wildman–Crippen MR) is 58.7 cm³/mol. The Balaban J connectivity index is 2.18. The Morgan fingerprint density at radius 2 is 2.43 bits per heavy atom. The molecule has 0 aliphatic carbocycles. The van der Waals surface area contributed by atoms with Crippen molar-refractivity contribution in [1.29, 1.82) is 0 Å². The van der Waals surface area contributed by atoms with Crippen molar-refractivity contribution in [2.75, 3.05) is 24.5 Å². The van der Waals surface area contributed by atoms with Crippen LogP contribution in [0.25, 0.3) is 0 Å². The number of aryl methyl sites for hydroxylation is 1. The molecule has 1 aromatic heterocycles. The van der Waals surface area contributed by atoms with Crippen molar-refractivity contribution in [2.45, 2.75) is 19.9 Å². The molecule has 1 N–H and O–H groups in total. The van der Waals surface area contributed by atoms with Gasteiger partial charge in [0.1, 0.15) is 5.82 Å². The van der Waals surface area contributed by atoms with E-state index in [2.05, 4.69) is 35.1 Å². The summed E-state index contributed by atoms with van der Waals surface area (Å²) >= 11 is 0. The molecule has 2 heterocycles. The Labute approximate surface area is 85.1 Å². The minimum atomic E-state index is 0.560. The maximum Gasteiger partial charge on any atom is 0.131 e. The van der Waals surface area contributed by atoms with Crippen molar-refractivity contribution in [1.82, 2.24) is 10.3 Å². The Morgan fingerprint density at radius 3 is 3.14 bits per heavy atom. The number of aromatic nitrogens is 1. The monoisotopic (exact) mass is 191 g/mol. The fraction of sp³-hybridized carbons (Fsp3) is 0.545. The van der Waals surface area contributed by atoms with Crippen LogP contribution >= 0.6 is 0 Å². The van der Waals surface area contributed by atoms with Gasteiger partial charge in [-0.15, -0.1) is 0 Å². The second-order valence-corrected chi connectivity index (χ2v) is 3.95. The highest BCUT2D eigenvalue weighted by atomic mass is 15.2. The first-order chi connectivity index (χ1) is 6.77. The number of piperazine rings is 1. The summed E-state index contributed by atoms with van der Waals surface area (Å²) in [6.45, 7) is 7.50. The molecule has 1 aliphatic heterocycles. The van der Waals surface area contributed by atoms with Gasteiger partial charge in [-0.2, -0.15) is 0 Å². The average Bonchev–Trinajstić information content (AvgIpc) is 2.18. The summed E-state index contributed by atoms with van der Waals surface area (Å²) in [6, 6.07) is 4.67. The van der Waals surface area contributed by atoms with Crippen molar-refractivity contribution in [3.8, 4) is 0 Å². The van der Waals surface area contributed by atoms with Crippen LogP contribution in [0.1, 0.15) is 12.5 Å². The van der Waals surface area contributed by atoms with E-state index in [4.69, 9.17) is 0 Å². The second-order valence-electron chi connectivity index (χ2n) is 3.95. The van der Waals surface area contributed by atoms with E-state index in [-0.39, 0.29) is 0 Å². The highest BCUT2D eigenvalue weighted by Crippen LogP contribution is 2.16. The fourth-order valence-corrected chi connectivity index (χ4v) is 1.93. The SMILES string of the molecule is Cc1cccnc1N1CCNC(C)C1. The van der Waals surface area contributed by atoms with Crippen LogP contribution in [0.3, 0.4) is 0 Å². The van der Waals surface area contributed by atoms with Crippen LogP contribution in [0.5, 0.6) is 0 Å². The third-order valence-electron chi connectivity index (χ3n) is 2.65. The van der Waals surface area contributed by atoms with Crippen molar-refractivity contribution < 1.29 is 0 Å². The molecule has 76 valence electrons. The molecule has 14 heavy (non-hydrogen) atoms. The quantitative estimate of drug-likeness (QED) is 0.722. The third kappa shape index (κ3) is 1.87. The molecule has 1 aliphatic rings. The molecule has 3 nitrogen and oxygen atoms in total. The number of hydrogen-bond donors (Lipinski definition) is 1. The number of anilines is 1. The minimum Gasteiger partial charge on any atom is -0.354 e. The summed E-state index contributed by atoms with van der Waals surface area (Å²) < 4.78 is 0. The molecule has 0 radical (unpaired) electrons. The van der Waals surface area contributed by atoms with E-state index in [0.717, 1.165) is 25.5 Å². The Morgan fingerprint density at radius 1 is 1.57 bits per heavy atom. The van der Waals surface area contributed by atoms with Gasteiger partial charge in [0.05, 0.1) is 0 Å². The van der Waals surface area contributed by atoms with Gasteiger partial charge in [-0.1, -0.05) is 6.07 Å². The zero-order chi connectivity index (χ0) is 9.97. The summed E-state index contributed by atoms with van der Waals surface area (Å²) in [5.41, 5.74) is 1.27. The van der Waals surface area contributed by atoms with Crippen molar-refractivity contribution in [3.05, 3.63) is 23.9 Å². The van der Waals surface area contributed by atoms with E-state index >= 15 is 0 Å². The summed E-state index contributed by atoms with van der Waals surface area (Å²) in [5.74, 6) is 1.14. The molecule has 1 saturated heterocycles. The number of hydrogen-bond acceptors (Lipinski definition) is 3. The average molecular weight is 191 g/mol. The third-order valence-corrected chi connectivity index (χ3v) is 2.65.